The molecule has 2 aromatic carbocycles. The van der Waals surface area contributed by atoms with Crippen LogP contribution in [0, 0.1) is 0 Å². The number of fused-ring (bicyclic) bond motifs is 4. The predicted octanol–water partition coefficient (Wildman–Crippen LogP) is 3.27. The molecular formula is C21H19N3O4S. The molecule has 5 rings (SSSR count). The fraction of sp³-hybridized carbons (Fsp3) is 0.286. The first-order valence-electron chi connectivity index (χ1n) is 9.36. The number of hydrogen-bond donors (Lipinski definition) is 1. The van der Waals surface area contributed by atoms with Gasteiger partial charge in [0.15, 0.2) is 0 Å². The van der Waals surface area contributed by atoms with Crippen LogP contribution >= 0.6 is 11.8 Å². The van der Waals surface area contributed by atoms with Gasteiger partial charge in [0.05, 0.1) is 25.3 Å². The van der Waals surface area contributed by atoms with Crippen LogP contribution in [0.5, 0.6) is 5.75 Å². The van der Waals surface area contributed by atoms with Gasteiger partial charge in [0.25, 0.3) is 11.1 Å². The Morgan fingerprint density at radius 2 is 2.03 bits per heavy atom. The quantitative estimate of drug-likeness (QED) is 0.784. The molecule has 3 aliphatic heterocycles. The van der Waals surface area contributed by atoms with Gasteiger partial charge in [-0.25, -0.2) is 5.01 Å². The highest BCUT2D eigenvalue weighted by Gasteiger charge is 2.61. The fourth-order valence-electron chi connectivity index (χ4n) is 4.10. The van der Waals surface area contributed by atoms with Crippen molar-refractivity contribution in [3.63, 3.8) is 0 Å². The molecule has 0 aromatic heterocycles. The summed E-state index contributed by atoms with van der Waals surface area (Å²) in [5.41, 5.74) is 2.95. The maximum absolute atomic E-state index is 12.4. The Balaban J connectivity index is 1.62. The van der Waals surface area contributed by atoms with E-state index < -0.39 is 17.1 Å². The number of nitrogens with zero attached hydrogens (tertiary/aromatic N) is 2. The van der Waals surface area contributed by atoms with Gasteiger partial charge in [-0.1, -0.05) is 60.3 Å². The third-order valence-corrected chi connectivity index (χ3v) is 6.53. The van der Waals surface area contributed by atoms with Crippen LogP contribution in [0.2, 0.25) is 0 Å². The van der Waals surface area contributed by atoms with Crippen molar-refractivity contribution in [1.82, 2.24) is 10.3 Å². The number of carbonyl (C=O) groups is 2. The Kier molecular flexibility index (Phi) is 4.24. The zero-order chi connectivity index (χ0) is 20.0. The molecule has 3 atom stereocenters. The summed E-state index contributed by atoms with van der Waals surface area (Å²) in [4.78, 5) is 24.4. The maximum Gasteiger partial charge on any atom is 0.306 e. The standard InChI is InChI=1S/C21H19N3O4S/c1-27-19(25)12-18-21(22-20(26)29-18)24-16(14-9-5-6-10-17(14)28-21)11-15(23-24)13-7-3-2-4-8-13/h2-10,16,18H,11-12H2,1H3,(H,22,26). The van der Waals surface area contributed by atoms with E-state index in [1.165, 1.54) is 7.11 Å². The van der Waals surface area contributed by atoms with Crippen molar-refractivity contribution in [2.24, 2.45) is 5.10 Å². The van der Waals surface area contributed by atoms with E-state index in [0.717, 1.165) is 28.6 Å². The molecule has 1 N–H and O–H groups in total. The minimum absolute atomic E-state index is 0.0292. The van der Waals surface area contributed by atoms with Crippen LogP contribution in [-0.4, -0.2) is 40.1 Å². The predicted molar refractivity (Wildman–Crippen MR) is 109 cm³/mol. The lowest BCUT2D eigenvalue weighted by Gasteiger charge is -2.47. The normalized spacial score (nSPS) is 27.0. The lowest BCUT2D eigenvalue weighted by molar-refractivity contribution is -0.150. The number of benzene rings is 2. The van der Waals surface area contributed by atoms with E-state index >= 15 is 0 Å². The van der Waals surface area contributed by atoms with Crippen molar-refractivity contribution in [2.45, 2.75) is 30.0 Å². The van der Waals surface area contributed by atoms with Gasteiger partial charge in [0.1, 0.15) is 11.0 Å². The summed E-state index contributed by atoms with van der Waals surface area (Å²) in [5.74, 6) is -0.953. The Morgan fingerprint density at radius 1 is 1.28 bits per heavy atom. The number of hydrazone groups is 1. The summed E-state index contributed by atoms with van der Waals surface area (Å²) < 4.78 is 11.2. The van der Waals surface area contributed by atoms with Crippen LogP contribution in [-0.2, 0) is 9.53 Å². The van der Waals surface area contributed by atoms with Crippen molar-refractivity contribution in [1.29, 1.82) is 0 Å². The number of rotatable bonds is 3. The zero-order valence-corrected chi connectivity index (χ0v) is 16.5. The lowest BCUT2D eigenvalue weighted by atomic mass is 9.95. The number of amides is 1. The van der Waals surface area contributed by atoms with Crippen LogP contribution in [0.4, 0.5) is 4.79 Å². The van der Waals surface area contributed by atoms with Crippen LogP contribution in [0.15, 0.2) is 59.7 Å². The summed E-state index contributed by atoms with van der Waals surface area (Å²) in [6.45, 7) is 0. The number of ether oxygens (including phenoxy) is 2. The van der Waals surface area contributed by atoms with E-state index in [1.807, 2.05) is 59.6 Å². The highest BCUT2D eigenvalue weighted by atomic mass is 32.2. The molecule has 7 nitrogen and oxygen atoms in total. The molecule has 1 fully saturated rings. The first-order valence-corrected chi connectivity index (χ1v) is 10.2. The molecule has 0 radical (unpaired) electrons. The van der Waals surface area contributed by atoms with Crippen molar-refractivity contribution < 1.29 is 19.1 Å². The first-order chi connectivity index (χ1) is 14.1. The van der Waals surface area contributed by atoms with E-state index in [2.05, 4.69) is 5.32 Å². The topological polar surface area (TPSA) is 80.2 Å². The molecule has 8 heteroatoms. The first kappa shape index (κ1) is 18.1. The van der Waals surface area contributed by atoms with Crippen LogP contribution in [0.25, 0.3) is 0 Å². The number of hydrogen-bond acceptors (Lipinski definition) is 7. The second-order valence-corrected chi connectivity index (χ2v) is 8.29. The molecule has 0 aliphatic carbocycles. The second kappa shape index (κ2) is 6.81. The van der Waals surface area contributed by atoms with Gasteiger partial charge < -0.3 is 9.47 Å². The molecule has 1 spiro atoms. The molecule has 1 amide bonds. The molecule has 3 unspecified atom stereocenters. The van der Waals surface area contributed by atoms with Gasteiger partial charge in [-0.2, -0.15) is 5.10 Å². The third-order valence-electron chi connectivity index (χ3n) is 5.45. The Hall–Kier alpha value is -3.00. The Bertz CT molecular complexity index is 1010. The van der Waals surface area contributed by atoms with E-state index in [1.54, 1.807) is 0 Å². The van der Waals surface area contributed by atoms with Crippen LogP contribution in [0.3, 0.4) is 0 Å². The molecule has 1 saturated heterocycles. The molecule has 3 aliphatic rings. The van der Waals surface area contributed by atoms with E-state index in [4.69, 9.17) is 14.6 Å². The molecular weight excluding hydrogens is 390 g/mol. The molecule has 148 valence electrons. The van der Waals surface area contributed by atoms with E-state index in [9.17, 15) is 9.59 Å². The summed E-state index contributed by atoms with van der Waals surface area (Å²) in [6.07, 6.45) is 0.707. The molecule has 3 heterocycles. The average molecular weight is 409 g/mol. The van der Waals surface area contributed by atoms with Gasteiger partial charge in [0.2, 0.25) is 0 Å². The number of methoxy groups -OCH3 is 1. The van der Waals surface area contributed by atoms with Gasteiger partial charge in [-0.05, 0) is 11.6 Å². The molecule has 0 bridgehead atoms. The molecule has 2 aromatic rings. The van der Waals surface area contributed by atoms with Crippen molar-refractivity contribution in [3.05, 3.63) is 65.7 Å². The largest absolute Gasteiger partial charge is 0.469 e. The van der Waals surface area contributed by atoms with Crippen LogP contribution in [0.1, 0.15) is 30.0 Å². The molecule has 29 heavy (non-hydrogen) atoms. The fourth-order valence-corrected chi connectivity index (χ4v) is 5.16. The zero-order valence-electron chi connectivity index (χ0n) is 15.7. The van der Waals surface area contributed by atoms with Gasteiger partial charge in [-0.3, -0.25) is 14.9 Å². The summed E-state index contributed by atoms with van der Waals surface area (Å²) >= 11 is 1.05. The lowest BCUT2D eigenvalue weighted by Crippen LogP contribution is -2.65. The minimum Gasteiger partial charge on any atom is -0.469 e. The second-order valence-electron chi connectivity index (χ2n) is 7.11. The smallest absolute Gasteiger partial charge is 0.306 e. The van der Waals surface area contributed by atoms with Crippen LogP contribution < -0.4 is 10.1 Å². The number of esters is 1. The van der Waals surface area contributed by atoms with Crippen molar-refractivity contribution >= 4 is 28.7 Å². The van der Waals surface area contributed by atoms with Gasteiger partial charge in [-0.15, -0.1) is 0 Å². The summed E-state index contributed by atoms with van der Waals surface area (Å²) in [7, 11) is 1.34. The molecule has 0 saturated carbocycles. The van der Waals surface area contributed by atoms with Crippen molar-refractivity contribution in [3.8, 4) is 5.75 Å². The number of carbonyl (C=O) groups excluding carboxylic acids is 2. The Labute approximate surface area is 172 Å². The maximum atomic E-state index is 12.4. The number of nitrogens with one attached hydrogen (secondary N) is 1. The number of para-hydroxylation sites is 1. The minimum atomic E-state index is -1.24. The summed E-state index contributed by atoms with van der Waals surface area (Å²) in [5, 5.41) is 8.89. The summed E-state index contributed by atoms with van der Waals surface area (Å²) in [6, 6.07) is 17.6. The Morgan fingerprint density at radius 3 is 2.83 bits per heavy atom. The SMILES string of the molecule is COC(=O)CC1SC(=O)NC12Oc1ccccc1C1CC(c3ccccc3)=NN12. The van der Waals surface area contributed by atoms with E-state index in [0.29, 0.717) is 12.2 Å². The van der Waals surface area contributed by atoms with Gasteiger partial charge >= 0.3 is 5.97 Å². The van der Waals surface area contributed by atoms with Crippen molar-refractivity contribution in [2.75, 3.05) is 7.11 Å². The highest BCUT2D eigenvalue weighted by molar-refractivity contribution is 8.14. The highest BCUT2D eigenvalue weighted by Crippen LogP contribution is 2.51. The monoisotopic (exact) mass is 409 g/mol. The number of thioether (sulfide) groups is 1. The third kappa shape index (κ3) is 2.86. The average Bonchev–Trinajstić information content (AvgIpc) is 3.32. The van der Waals surface area contributed by atoms with E-state index in [-0.39, 0.29) is 17.7 Å². The van der Waals surface area contributed by atoms with Gasteiger partial charge in [0, 0.05) is 12.0 Å².